The molecule has 0 saturated carbocycles. The van der Waals surface area contributed by atoms with E-state index in [1.165, 1.54) is 16.7 Å². The first-order valence-corrected chi connectivity index (χ1v) is 17.1. The Kier molecular flexibility index (Phi) is 8.08. The van der Waals surface area contributed by atoms with Crippen molar-refractivity contribution in [3.63, 3.8) is 0 Å². The summed E-state index contributed by atoms with van der Waals surface area (Å²) in [5, 5.41) is 1.07. The smallest absolute Gasteiger partial charge is 0.182 e. The number of pyridine rings is 3. The van der Waals surface area contributed by atoms with E-state index in [1.54, 1.807) is 12.4 Å². The molecule has 0 atom stereocenters. The fraction of sp³-hybridized carbons (Fsp3) is 0. The first-order valence-electron chi connectivity index (χ1n) is 17.1. The van der Waals surface area contributed by atoms with Gasteiger partial charge in [0.15, 0.2) is 17.5 Å². The average Bonchev–Trinajstić information content (AvgIpc) is 3.24. The molecule has 0 saturated heterocycles. The SMILES string of the molecule is c1ccc(-c2ccc(-c3ccc(-c4ccc(-c5nc(-c6ccccn6)nc(-c6ccccn6)n5)cc4-c4cccc5cccnc45)cc3)cc2)cc1. The predicted molar refractivity (Wildman–Crippen MR) is 209 cm³/mol. The van der Waals surface area contributed by atoms with E-state index in [0.717, 1.165) is 44.3 Å². The Hall–Kier alpha value is -7.18. The van der Waals surface area contributed by atoms with E-state index in [4.69, 9.17) is 19.9 Å². The van der Waals surface area contributed by atoms with E-state index in [1.807, 2.05) is 54.7 Å². The van der Waals surface area contributed by atoms with Gasteiger partial charge in [0.2, 0.25) is 0 Å². The largest absolute Gasteiger partial charge is 0.256 e. The molecule has 6 nitrogen and oxygen atoms in total. The van der Waals surface area contributed by atoms with Gasteiger partial charge in [-0.15, -0.1) is 0 Å². The van der Waals surface area contributed by atoms with E-state index in [-0.39, 0.29) is 0 Å². The molecule has 0 amide bonds. The molecule has 0 N–H and O–H groups in total. The van der Waals surface area contributed by atoms with Crippen LogP contribution in [0.25, 0.3) is 89.8 Å². The number of nitrogens with zero attached hydrogens (tertiary/aromatic N) is 6. The second-order valence-corrected chi connectivity index (χ2v) is 12.4. The fourth-order valence-corrected chi connectivity index (χ4v) is 6.53. The van der Waals surface area contributed by atoms with E-state index < -0.39 is 0 Å². The lowest BCUT2D eigenvalue weighted by Gasteiger charge is -2.15. The van der Waals surface area contributed by atoms with E-state index in [2.05, 4.69) is 125 Å². The molecule has 4 aromatic heterocycles. The molecule has 0 spiro atoms. The Morgan fingerprint density at radius 2 is 0.808 bits per heavy atom. The summed E-state index contributed by atoms with van der Waals surface area (Å²) in [7, 11) is 0. The standard InChI is InChI=1S/C46H30N6/c1-2-10-31(11-3-1)32-17-19-33(20-18-32)34-21-23-35(24-22-34)38-26-25-37(30-40(38)39-14-8-12-36-13-9-29-49-43(36)39)44-50-45(41-15-4-6-27-47-41)52-46(51-44)42-16-5-7-28-48-42/h1-30H. The Bertz CT molecular complexity index is 2580. The molecule has 6 heteroatoms. The number of para-hydroxylation sites is 1. The van der Waals surface area contributed by atoms with Crippen LogP contribution in [0.3, 0.4) is 0 Å². The van der Waals surface area contributed by atoms with Gasteiger partial charge in [0, 0.05) is 35.1 Å². The van der Waals surface area contributed by atoms with Crippen molar-refractivity contribution in [3.05, 3.63) is 182 Å². The third kappa shape index (κ3) is 6.10. The number of rotatable bonds is 7. The lowest BCUT2D eigenvalue weighted by atomic mass is 9.90. The van der Waals surface area contributed by atoms with Crippen LogP contribution in [-0.4, -0.2) is 29.9 Å². The summed E-state index contributed by atoms with van der Waals surface area (Å²) >= 11 is 0. The lowest BCUT2D eigenvalue weighted by molar-refractivity contribution is 1.05. The zero-order chi connectivity index (χ0) is 34.7. The fourth-order valence-electron chi connectivity index (χ4n) is 6.53. The van der Waals surface area contributed by atoms with Crippen molar-refractivity contribution in [2.24, 2.45) is 0 Å². The summed E-state index contributed by atoms with van der Waals surface area (Å²) in [5.74, 6) is 1.50. The second-order valence-electron chi connectivity index (χ2n) is 12.4. The Morgan fingerprint density at radius 1 is 0.288 bits per heavy atom. The summed E-state index contributed by atoms with van der Waals surface area (Å²) in [5.41, 5.74) is 12.1. The van der Waals surface area contributed by atoms with Crippen LogP contribution in [0.5, 0.6) is 0 Å². The minimum atomic E-state index is 0.482. The maximum absolute atomic E-state index is 4.94. The number of benzene rings is 5. The first kappa shape index (κ1) is 30.8. The molecule has 0 aliphatic heterocycles. The number of fused-ring (bicyclic) bond motifs is 1. The molecule has 0 aliphatic carbocycles. The van der Waals surface area contributed by atoms with Crippen molar-refractivity contribution in [1.82, 2.24) is 29.9 Å². The maximum Gasteiger partial charge on any atom is 0.182 e. The summed E-state index contributed by atoms with van der Waals surface area (Å²) in [6.45, 7) is 0. The van der Waals surface area contributed by atoms with Gasteiger partial charge in [0.05, 0.1) is 5.52 Å². The van der Waals surface area contributed by atoms with Crippen LogP contribution in [0.4, 0.5) is 0 Å². The molecule has 244 valence electrons. The van der Waals surface area contributed by atoms with Crippen LogP contribution in [-0.2, 0) is 0 Å². The molecule has 52 heavy (non-hydrogen) atoms. The summed E-state index contributed by atoms with van der Waals surface area (Å²) in [4.78, 5) is 28.6. The Morgan fingerprint density at radius 3 is 1.42 bits per heavy atom. The first-order chi connectivity index (χ1) is 25.8. The third-order valence-electron chi connectivity index (χ3n) is 9.15. The van der Waals surface area contributed by atoms with Crippen molar-refractivity contribution in [2.75, 3.05) is 0 Å². The van der Waals surface area contributed by atoms with Gasteiger partial charge in [-0.05, 0) is 75.3 Å². The topological polar surface area (TPSA) is 77.3 Å². The van der Waals surface area contributed by atoms with Crippen LogP contribution in [0.1, 0.15) is 0 Å². The Labute approximate surface area is 301 Å². The molecule has 0 radical (unpaired) electrons. The van der Waals surface area contributed by atoms with Crippen LogP contribution in [0.15, 0.2) is 182 Å². The van der Waals surface area contributed by atoms with Crippen molar-refractivity contribution in [2.45, 2.75) is 0 Å². The molecule has 0 fully saturated rings. The van der Waals surface area contributed by atoms with Crippen molar-refractivity contribution < 1.29 is 0 Å². The van der Waals surface area contributed by atoms with Crippen LogP contribution in [0, 0.1) is 0 Å². The van der Waals surface area contributed by atoms with Gasteiger partial charge >= 0.3 is 0 Å². The lowest BCUT2D eigenvalue weighted by Crippen LogP contribution is -2.02. The van der Waals surface area contributed by atoms with Crippen LogP contribution < -0.4 is 0 Å². The van der Waals surface area contributed by atoms with Crippen LogP contribution >= 0.6 is 0 Å². The van der Waals surface area contributed by atoms with Gasteiger partial charge in [-0.2, -0.15) is 0 Å². The van der Waals surface area contributed by atoms with Crippen molar-refractivity contribution >= 4 is 10.9 Å². The summed E-state index contributed by atoms with van der Waals surface area (Å²) < 4.78 is 0. The number of aromatic nitrogens is 6. The van der Waals surface area contributed by atoms with Gasteiger partial charge in [-0.1, -0.05) is 127 Å². The molecule has 9 aromatic rings. The van der Waals surface area contributed by atoms with Gasteiger partial charge in [0.1, 0.15) is 11.4 Å². The van der Waals surface area contributed by atoms with Crippen LogP contribution in [0.2, 0.25) is 0 Å². The average molecular weight is 667 g/mol. The third-order valence-corrected chi connectivity index (χ3v) is 9.15. The highest BCUT2D eigenvalue weighted by molar-refractivity contribution is 5.99. The normalized spacial score (nSPS) is 11.1. The minimum absolute atomic E-state index is 0.482. The maximum atomic E-state index is 4.94. The van der Waals surface area contributed by atoms with Gasteiger partial charge in [-0.3, -0.25) is 15.0 Å². The monoisotopic (exact) mass is 666 g/mol. The number of hydrogen-bond donors (Lipinski definition) is 0. The van der Waals surface area contributed by atoms with E-state index in [9.17, 15) is 0 Å². The van der Waals surface area contributed by atoms with Gasteiger partial charge < -0.3 is 0 Å². The minimum Gasteiger partial charge on any atom is -0.256 e. The molecule has 5 aromatic carbocycles. The molecule has 0 unspecified atom stereocenters. The van der Waals surface area contributed by atoms with Crippen molar-refractivity contribution in [1.29, 1.82) is 0 Å². The summed E-state index contributed by atoms with van der Waals surface area (Å²) in [6.07, 6.45) is 5.33. The zero-order valence-electron chi connectivity index (χ0n) is 28.0. The predicted octanol–water partition coefficient (Wildman–Crippen LogP) is 10.9. The van der Waals surface area contributed by atoms with Gasteiger partial charge in [-0.25, -0.2) is 15.0 Å². The highest BCUT2D eigenvalue weighted by Crippen LogP contribution is 2.39. The molecule has 4 heterocycles. The highest BCUT2D eigenvalue weighted by Gasteiger charge is 2.18. The molecule has 0 bridgehead atoms. The van der Waals surface area contributed by atoms with E-state index in [0.29, 0.717) is 28.9 Å². The van der Waals surface area contributed by atoms with Gasteiger partial charge in [0.25, 0.3) is 0 Å². The summed E-state index contributed by atoms with van der Waals surface area (Å²) in [6, 6.07) is 56.1. The number of hydrogen-bond acceptors (Lipinski definition) is 6. The molecular formula is C46H30N6. The quantitative estimate of drug-likeness (QED) is 0.168. The highest BCUT2D eigenvalue weighted by atomic mass is 15.1. The second kappa shape index (κ2) is 13.6. The molecule has 9 rings (SSSR count). The van der Waals surface area contributed by atoms with E-state index >= 15 is 0 Å². The van der Waals surface area contributed by atoms with Crippen molar-refractivity contribution in [3.8, 4) is 78.9 Å². The zero-order valence-corrected chi connectivity index (χ0v) is 28.0. The molecule has 0 aliphatic rings. The Balaban J connectivity index is 1.16. The molecular weight excluding hydrogens is 637 g/mol.